The molecule has 2 unspecified atom stereocenters. The average Bonchev–Trinajstić information content (AvgIpc) is 2.54. The van der Waals surface area contributed by atoms with E-state index in [0.29, 0.717) is 36.4 Å². The minimum absolute atomic E-state index is 0. The number of amides is 2. The molecule has 5 nitrogen and oxygen atoms in total. The normalized spacial score (nSPS) is 27.9. The third-order valence-electron chi connectivity index (χ3n) is 5.71. The second-order valence-electron chi connectivity index (χ2n) is 7.30. The van der Waals surface area contributed by atoms with E-state index in [9.17, 15) is 9.59 Å². The van der Waals surface area contributed by atoms with Gasteiger partial charge in [-0.25, -0.2) is 0 Å². The molecule has 6 heteroatoms. The summed E-state index contributed by atoms with van der Waals surface area (Å²) < 4.78 is 0. The van der Waals surface area contributed by atoms with Gasteiger partial charge in [0.05, 0.1) is 0 Å². The number of halogens is 1. The van der Waals surface area contributed by atoms with Crippen molar-refractivity contribution < 1.29 is 9.59 Å². The van der Waals surface area contributed by atoms with Crippen LogP contribution in [0.4, 0.5) is 0 Å². The molecule has 2 atom stereocenters. The largest absolute Gasteiger partial charge is 0.366 e. The first kappa shape index (κ1) is 19.7. The van der Waals surface area contributed by atoms with Crippen LogP contribution >= 0.6 is 12.4 Å². The SMILES string of the molecule is Cl.NC(=O)c1cccc(CCNC(=O)C2CC3CCCC(C2)C3N)c1. The first-order chi connectivity index (χ1) is 11.5. The van der Waals surface area contributed by atoms with Crippen LogP contribution in [0.3, 0.4) is 0 Å². The maximum atomic E-state index is 12.5. The van der Waals surface area contributed by atoms with Crippen molar-refractivity contribution in [1.82, 2.24) is 5.32 Å². The van der Waals surface area contributed by atoms with Crippen LogP contribution < -0.4 is 16.8 Å². The summed E-state index contributed by atoms with van der Waals surface area (Å²) in [5, 5.41) is 3.06. The Morgan fingerprint density at radius 3 is 2.48 bits per heavy atom. The molecule has 2 saturated carbocycles. The summed E-state index contributed by atoms with van der Waals surface area (Å²) in [6.45, 7) is 0.582. The molecular formula is C19H28ClN3O2. The zero-order chi connectivity index (χ0) is 17.1. The summed E-state index contributed by atoms with van der Waals surface area (Å²) in [4.78, 5) is 23.7. The van der Waals surface area contributed by atoms with E-state index in [1.807, 2.05) is 12.1 Å². The van der Waals surface area contributed by atoms with Crippen LogP contribution in [-0.2, 0) is 11.2 Å². The lowest BCUT2D eigenvalue weighted by molar-refractivity contribution is -0.127. The Kier molecular flexibility index (Phi) is 6.85. The Hall–Kier alpha value is -1.59. The summed E-state index contributed by atoms with van der Waals surface area (Å²) in [5.74, 6) is 0.869. The third kappa shape index (κ3) is 4.73. The van der Waals surface area contributed by atoms with Gasteiger partial charge in [-0.05, 0) is 61.6 Å². The molecule has 2 amide bonds. The number of rotatable bonds is 5. The van der Waals surface area contributed by atoms with Crippen molar-refractivity contribution in [1.29, 1.82) is 0 Å². The first-order valence-electron chi connectivity index (χ1n) is 8.96. The molecule has 2 bridgehead atoms. The van der Waals surface area contributed by atoms with Gasteiger partial charge >= 0.3 is 0 Å². The third-order valence-corrected chi connectivity index (χ3v) is 5.71. The number of benzene rings is 1. The highest BCUT2D eigenvalue weighted by molar-refractivity contribution is 5.92. The molecule has 1 aromatic rings. The van der Waals surface area contributed by atoms with Crippen molar-refractivity contribution in [2.45, 2.75) is 44.6 Å². The lowest BCUT2D eigenvalue weighted by atomic mass is 9.65. The fourth-order valence-electron chi connectivity index (χ4n) is 4.36. The molecule has 1 aromatic carbocycles. The highest BCUT2D eigenvalue weighted by Gasteiger charge is 2.40. The average molecular weight is 366 g/mol. The molecule has 2 fully saturated rings. The maximum Gasteiger partial charge on any atom is 0.248 e. The van der Waals surface area contributed by atoms with Gasteiger partial charge in [0.15, 0.2) is 0 Å². The molecule has 0 spiro atoms. The van der Waals surface area contributed by atoms with Gasteiger partial charge in [-0.2, -0.15) is 0 Å². The topological polar surface area (TPSA) is 98.2 Å². The standard InChI is InChI=1S/C19H27N3O2.ClH/c20-17-13-4-2-5-14(17)11-16(10-13)19(24)22-8-7-12-3-1-6-15(9-12)18(21)23;/h1,3,6,9,13-14,16-17H,2,4-5,7-8,10-11,20H2,(H2,21,23)(H,22,24);1H. The van der Waals surface area contributed by atoms with Crippen LogP contribution in [0.25, 0.3) is 0 Å². The van der Waals surface area contributed by atoms with Gasteiger partial charge in [0.25, 0.3) is 0 Å². The Labute approximate surface area is 155 Å². The van der Waals surface area contributed by atoms with Crippen molar-refractivity contribution in [2.75, 3.05) is 6.54 Å². The van der Waals surface area contributed by atoms with Crippen molar-refractivity contribution in [3.63, 3.8) is 0 Å². The fourth-order valence-corrected chi connectivity index (χ4v) is 4.36. The van der Waals surface area contributed by atoms with E-state index >= 15 is 0 Å². The molecule has 0 aliphatic heterocycles. The zero-order valence-electron chi connectivity index (χ0n) is 14.4. The molecule has 3 rings (SSSR count). The van der Waals surface area contributed by atoms with E-state index in [1.165, 1.54) is 19.3 Å². The van der Waals surface area contributed by atoms with Crippen LogP contribution in [-0.4, -0.2) is 24.4 Å². The fraction of sp³-hybridized carbons (Fsp3) is 0.579. The number of primary amides is 1. The van der Waals surface area contributed by atoms with Crippen LogP contribution in [0.15, 0.2) is 24.3 Å². The second-order valence-corrected chi connectivity index (χ2v) is 7.30. The number of hydrogen-bond acceptors (Lipinski definition) is 3. The molecular weight excluding hydrogens is 338 g/mol. The van der Waals surface area contributed by atoms with Crippen LogP contribution in [0.5, 0.6) is 0 Å². The molecule has 0 saturated heterocycles. The molecule has 0 aromatic heterocycles. The van der Waals surface area contributed by atoms with Crippen LogP contribution in [0.1, 0.15) is 48.0 Å². The molecule has 25 heavy (non-hydrogen) atoms. The molecule has 2 aliphatic rings. The number of nitrogens with two attached hydrogens (primary N) is 2. The van der Waals surface area contributed by atoms with E-state index in [0.717, 1.165) is 18.4 Å². The Bertz CT molecular complexity index is 608. The van der Waals surface area contributed by atoms with Crippen molar-refractivity contribution >= 4 is 24.2 Å². The zero-order valence-corrected chi connectivity index (χ0v) is 15.3. The van der Waals surface area contributed by atoms with Crippen molar-refractivity contribution in [3.8, 4) is 0 Å². The summed E-state index contributed by atoms with van der Waals surface area (Å²) in [6, 6.07) is 7.55. The predicted molar refractivity (Wildman–Crippen MR) is 100 cm³/mol. The lowest BCUT2D eigenvalue weighted by Gasteiger charge is -2.43. The Morgan fingerprint density at radius 1 is 1.16 bits per heavy atom. The first-order valence-corrected chi connectivity index (χ1v) is 8.96. The Morgan fingerprint density at radius 2 is 1.84 bits per heavy atom. The molecule has 0 heterocycles. The quantitative estimate of drug-likeness (QED) is 0.744. The van der Waals surface area contributed by atoms with Gasteiger partial charge in [0.1, 0.15) is 0 Å². The van der Waals surface area contributed by atoms with E-state index < -0.39 is 5.91 Å². The predicted octanol–water partition coefficient (Wildman–Crippen LogP) is 2.02. The Balaban J connectivity index is 0.00000225. The minimum atomic E-state index is -0.425. The smallest absolute Gasteiger partial charge is 0.248 e. The van der Waals surface area contributed by atoms with Gasteiger partial charge in [-0.1, -0.05) is 18.6 Å². The van der Waals surface area contributed by atoms with E-state index in [1.54, 1.807) is 12.1 Å². The summed E-state index contributed by atoms with van der Waals surface area (Å²) in [6.07, 6.45) is 6.16. The summed E-state index contributed by atoms with van der Waals surface area (Å²) >= 11 is 0. The second kappa shape index (κ2) is 8.68. The number of hydrogen-bond donors (Lipinski definition) is 3. The molecule has 138 valence electrons. The van der Waals surface area contributed by atoms with E-state index in [4.69, 9.17) is 11.5 Å². The molecule has 0 radical (unpaired) electrons. The van der Waals surface area contributed by atoms with Gasteiger partial charge in [-0.3, -0.25) is 9.59 Å². The van der Waals surface area contributed by atoms with Crippen LogP contribution in [0.2, 0.25) is 0 Å². The van der Waals surface area contributed by atoms with Gasteiger partial charge in [-0.15, -0.1) is 12.4 Å². The van der Waals surface area contributed by atoms with Gasteiger partial charge in [0.2, 0.25) is 11.8 Å². The highest BCUT2D eigenvalue weighted by Crippen LogP contribution is 2.41. The minimum Gasteiger partial charge on any atom is -0.366 e. The van der Waals surface area contributed by atoms with Gasteiger partial charge in [0, 0.05) is 24.1 Å². The number of fused-ring (bicyclic) bond motifs is 2. The molecule has 5 N–H and O–H groups in total. The molecule has 2 aliphatic carbocycles. The number of nitrogens with one attached hydrogen (secondary N) is 1. The van der Waals surface area contributed by atoms with Crippen molar-refractivity contribution in [3.05, 3.63) is 35.4 Å². The number of carbonyl (C=O) groups excluding carboxylic acids is 2. The monoisotopic (exact) mass is 365 g/mol. The lowest BCUT2D eigenvalue weighted by Crippen LogP contribution is -2.49. The van der Waals surface area contributed by atoms with Gasteiger partial charge < -0.3 is 16.8 Å². The van der Waals surface area contributed by atoms with Crippen molar-refractivity contribution in [2.24, 2.45) is 29.2 Å². The summed E-state index contributed by atoms with van der Waals surface area (Å²) in [5.41, 5.74) is 13.1. The highest BCUT2D eigenvalue weighted by atomic mass is 35.5. The number of carbonyl (C=O) groups is 2. The van der Waals surface area contributed by atoms with E-state index in [2.05, 4.69) is 5.32 Å². The maximum absolute atomic E-state index is 12.5. The van der Waals surface area contributed by atoms with Crippen LogP contribution in [0, 0.1) is 17.8 Å². The van der Waals surface area contributed by atoms with E-state index in [-0.39, 0.29) is 24.2 Å². The summed E-state index contributed by atoms with van der Waals surface area (Å²) in [7, 11) is 0.